The summed E-state index contributed by atoms with van der Waals surface area (Å²) in [5, 5.41) is 10.6. The number of alkyl halides is 2. The molecule has 1 unspecified atom stereocenters. The number of nitrogens with one attached hydrogen (secondary N) is 1. The van der Waals surface area contributed by atoms with Crippen LogP contribution in [-0.4, -0.2) is 67.6 Å². The molecule has 0 bridgehead atoms. The van der Waals surface area contributed by atoms with Crippen molar-refractivity contribution in [3.63, 3.8) is 0 Å². The van der Waals surface area contributed by atoms with Gasteiger partial charge in [0.25, 0.3) is 11.8 Å². The van der Waals surface area contributed by atoms with Crippen molar-refractivity contribution in [2.24, 2.45) is 0 Å². The van der Waals surface area contributed by atoms with E-state index in [9.17, 15) is 23.2 Å². The fraction of sp³-hybridized carbons (Fsp3) is 0.476. The van der Waals surface area contributed by atoms with Gasteiger partial charge < -0.3 is 4.90 Å². The number of aromatic nitrogens is 3. The Labute approximate surface area is 182 Å². The highest BCUT2D eigenvalue weighted by atomic mass is 19.3. The topological polar surface area (TPSA) is 100 Å². The molecule has 168 valence electrons. The third-order valence-electron chi connectivity index (χ3n) is 6.29. The molecule has 4 heterocycles. The Balaban J connectivity index is 1.28. The number of hydrogen-bond donors (Lipinski definition) is 1. The van der Waals surface area contributed by atoms with Crippen LogP contribution in [0.2, 0.25) is 0 Å². The minimum absolute atomic E-state index is 0.149. The minimum Gasteiger partial charge on any atom is -0.322 e. The molecule has 32 heavy (non-hydrogen) atoms. The van der Waals surface area contributed by atoms with Crippen LogP contribution < -0.4 is 5.32 Å². The van der Waals surface area contributed by atoms with Crippen molar-refractivity contribution in [2.45, 2.75) is 50.7 Å². The summed E-state index contributed by atoms with van der Waals surface area (Å²) in [4.78, 5) is 39.8. The van der Waals surface area contributed by atoms with Crippen molar-refractivity contribution in [2.75, 3.05) is 13.1 Å². The van der Waals surface area contributed by atoms with Gasteiger partial charge in [-0.1, -0.05) is 5.21 Å². The molecule has 3 amide bonds. The molecule has 1 aromatic heterocycles. The van der Waals surface area contributed by atoms with Crippen LogP contribution in [-0.2, 0) is 22.7 Å². The largest absolute Gasteiger partial charge is 0.322 e. The molecule has 3 aliphatic heterocycles. The van der Waals surface area contributed by atoms with Crippen molar-refractivity contribution < 1.29 is 23.2 Å². The fourth-order valence-corrected chi connectivity index (χ4v) is 4.47. The molecule has 0 saturated carbocycles. The van der Waals surface area contributed by atoms with E-state index in [1.807, 2.05) is 11.0 Å². The second kappa shape index (κ2) is 7.73. The molecule has 3 aliphatic rings. The van der Waals surface area contributed by atoms with E-state index in [1.54, 1.807) is 23.0 Å². The number of imide groups is 1. The van der Waals surface area contributed by atoms with E-state index in [2.05, 4.69) is 15.6 Å². The van der Waals surface area contributed by atoms with Gasteiger partial charge in [0, 0.05) is 51.0 Å². The molecule has 1 atom stereocenters. The van der Waals surface area contributed by atoms with E-state index in [0.29, 0.717) is 43.0 Å². The van der Waals surface area contributed by atoms with Gasteiger partial charge in [0.2, 0.25) is 11.8 Å². The van der Waals surface area contributed by atoms with Gasteiger partial charge in [-0.3, -0.25) is 24.6 Å². The van der Waals surface area contributed by atoms with E-state index in [0.717, 1.165) is 5.56 Å². The number of halogens is 2. The molecule has 0 radical (unpaired) electrons. The number of rotatable bonds is 4. The predicted octanol–water partition coefficient (Wildman–Crippen LogP) is 1.26. The zero-order chi connectivity index (χ0) is 22.5. The standard InChI is InChI=1S/C21H22F2N6O3/c22-21(23)5-7-27(8-6-21)11-14-12-29(26-25-14)15-1-2-16-13(9-15)10-28(20(16)32)17-3-4-18(30)24-19(17)31/h1-2,9,12,17H,3-8,10-11H2,(H,24,30,31). The monoisotopic (exact) mass is 444 g/mol. The molecular weight excluding hydrogens is 422 g/mol. The van der Waals surface area contributed by atoms with Gasteiger partial charge in [-0.15, -0.1) is 5.10 Å². The van der Waals surface area contributed by atoms with E-state index >= 15 is 0 Å². The average Bonchev–Trinajstić information content (AvgIpc) is 3.34. The number of fused-ring (bicyclic) bond motifs is 1. The first kappa shape index (κ1) is 20.7. The molecule has 1 N–H and O–H groups in total. The van der Waals surface area contributed by atoms with Crippen molar-refractivity contribution in [1.82, 2.24) is 30.1 Å². The number of carbonyl (C=O) groups is 3. The Morgan fingerprint density at radius 1 is 1.16 bits per heavy atom. The normalized spacial score (nSPS) is 23.4. The summed E-state index contributed by atoms with van der Waals surface area (Å²) in [5.41, 5.74) is 2.68. The third kappa shape index (κ3) is 3.88. The molecule has 0 spiro atoms. The predicted molar refractivity (Wildman–Crippen MR) is 107 cm³/mol. The van der Waals surface area contributed by atoms with Crippen molar-refractivity contribution in [3.05, 3.63) is 41.2 Å². The molecule has 9 nitrogen and oxygen atoms in total. The maximum atomic E-state index is 13.3. The molecule has 0 aliphatic carbocycles. The first-order chi connectivity index (χ1) is 15.3. The summed E-state index contributed by atoms with van der Waals surface area (Å²) >= 11 is 0. The lowest BCUT2D eigenvalue weighted by molar-refractivity contribution is -0.136. The molecule has 2 saturated heterocycles. The number of amides is 3. The lowest BCUT2D eigenvalue weighted by Crippen LogP contribution is -2.52. The number of benzene rings is 1. The number of piperidine rings is 2. The third-order valence-corrected chi connectivity index (χ3v) is 6.29. The summed E-state index contributed by atoms with van der Waals surface area (Å²) in [6.45, 7) is 1.36. The number of carbonyl (C=O) groups excluding carboxylic acids is 3. The SMILES string of the molecule is O=C1CCC(N2Cc3cc(-n4cc(CN5CCC(F)(F)CC5)nn4)ccc3C2=O)C(=O)N1. The van der Waals surface area contributed by atoms with Crippen LogP contribution in [0.4, 0.5) is 8.78 Å². The summed E-state index contributed by atoms with van der Waals surface area (Å²) in [5.74, 6) is -3.59. The Hall–Kier alpha value is -3.21. The van der Waals surface area contributed by atoms with Gasteiger partial charge in [0.15, 0.2) is 0 Å². The lowest BCUT2D eigenvalue weighted by atomic mass is 10.0. The highest BCUT2D eigenvalue weighted by Crippen LogP contribution is 2.30. The smallest absolute Gasteiger partial charge is 0.255 e. The molecule has 11 heteroatoms. The minimum atomic E-state index is -2.59. The summed E-state index contributed by atoms with van der Waals surface area (Å²) in [6, 6.07) is 4.63. The molecule has 2 aromatic rings. The molecular formula is C21H22F2N6O3. The quantitative estimate of drug-likeness (QED) is 0.713. The van der Waals surface area contributed by atoms with Gasteiger partial charge in [-0.05, 0) is 30.2 Å². The van der Waals surface area contributed by atoms with Crippen LogP contribution in [0.25, 0.3) is 5.69 Å². The Morgan fingerprint density at radius 2 is 1.94 bits per heavy atom. The Bertz CT molecular complexity index is 1090. The zero-order valence-corrected chi connectivity index (χ0v) is 17.3. The maximum Gasteiger partial charge on any atom is 0.255 e. The van der Waals surface area contributed by atoms with E-state index in [-0.39, 0.29) is 37.6 Å². The van der Waals surface area contributed by atoms with Gasteiger partial charge >= 0.3 is 0 Å². The molecule has 5 rings (SSSR count). The van der Waals surface area contributed by atoms with E-state index in [4.69, 9.17) is 0 Å². The second-order valence-corrected chi connectivity index (χ2v) is 8.53. The summed E-state index contributed by atoms with van der Waals surface area (Å²) < 4.78 is 28.3. The summed E-state index contributed by atoms with van der Waals surface area (Å²) in [7, 11) is 0. The van der Waals surface area contributed by atoms with Gasteiger partial charge in [-0.2, -0.15) is 0 Å². The van der Waals surface area contributed by atoms with Crippen molar-refractivity contribution in [1.29, 1.82) is 0 Å². The second-order valence-electron chi connectivity index (χ2n) is 8.53. The maximum absolute atomic E-state index is 13.3. The van der Waals surface area contributed by atoms with Crippen molar-refractivity contribution >= 4 is 17.7 Å². The van der Waals surface area contributed by atoms with Crippen LogP contribution >= 0.6 is 0 Å². The summed E-state index contributed by atoms with van der Waals surface area (Å²) in [6.07, 6.45) is 1.97. The van der Waals surface area contributed by atoms with Gasteiger partial charge in [0.05, 0.1) is 17.6 Å². The highest BCUT2D eigenvalue weighted by molar-refractivity contribution is 6.05. The highest BCUT2D eigenvalue weighted by Gasteiger charge is 2.39. The number of nitrogens with zero attached hydrogens (tertiary/aromatic N) is 5. The zero-order valence-electron chi connectivity index (χ0n) is 17.3. The van der Waals surface area contributed by atoms with Crippen LogP contribution in [0.15, 0.2) is 24.4 Å². The average molecular weight is 444 g/mol. The number of hydrogen-bond acceptors (Lipinski definition) is 6. The van der Waals surface area contributed by atoms with Crippen LogP contribution in [0, 0.1) is 0 Å². The first-order valence-electron chi connectivity index (χ1n) is 10.6. The van der Waals surface area contributed by atoms with Crippen LogP contribution in [0.3, 0.4) is 0 Å². The van der Waals surface area contributed by atoms with Crippen molar-refractivity contribution in [3.8, 4) is 5.69 Å². The van der Waals surface area contributed by atoms with Gasteiger partial charge in [0.1, 0.15) is 6.04 Å². The lowest BCUT2D eigenvalue weighted by Gasteiger charge is -2.30. The number of likely N-dealkylation sites (tertiary alicyclic amines) is 1. The Morgan fingerprint density at radius 3 is 2.69 bits per heavy atom. The Kier molecular flexibility index (Phi) is 5.00. The van der Waals surface area contributed by atoms with E-state index in [1.165, 1.54) is 4.90 Å². The molecule has 2 fully saturated rings. The van der Waals surface area contributed by atoms with Crippen LogP contribution in [0.5, 0.6) is 0 Å². The molecule has 1 aromatic carbocycles. The van der Waals surface area contributed by atoms with Crippen LogP contribution in [0.1, 0.15) is 47.3 Å². The van der Waals surface area contributed by atoms with E-state index < -0.39 is 17.9 Å². The first-order valence-corrected chi connectivity index (χ1v) is 10.6. The fourth-order valence-electron chi connectivity index (χ4n) is 4.47. The van der Waals surface area contributed by atoms with Gasteiger partial charge in [-0.25, -0.2) is 13.5 Å².